The SMILES string of the molecule is Cc1cc(C)c(/C=N\NC(=O)CCN2C(=O)NC(C)(C)C2=O)c(C)c1. The van der Waals surface area contributed by atoms with Crippen LogP contribution in [0.2, 0.25) is 0 Å². The van der Waals surface area contributed by atoms with Gasteiger partial charge in [-0.05, 0) is 45.7 Å². The van der Waals surface area contributed by atoms with Gasteiger partial charge in [-0.15, -0.1) is 0 Å². The molecule has 0 unspecified atom stereocenters. The number of imide groups is 1. The largest absolute Gasteiger partial charge is 0.325 e. The molecule has 1 aromatic rings. The first-order valence-electron chi connectivity index (χ1n) is 8.15. The zero-order valence-electron chi connectivity index (χ0n) is 15.3. The number of benzene rings is 1. The number of carbonyl (C=O) groups excluding carboxylic acids is 3. The molecule has 4 amide bonds. The number of rotatable bonds is 5. The number of aryl methyl sites for hydroxylation is 3. The topological polar surface area (TPSA) is 90.9 Å². The van der Waals surface area contributed by atoms with E-state index in [1.807, 2.05) is 20.8 Å². The predicted octanol–water partition coefficient (Wildman–Crippen LogP) is 1.78. The van der Waals surface area contributed by atoms with Crippen molar-refractivity contribution in [1.82, 2.24) is 15.6 Å². The fourth-order valence-corrected chi connectivity index (χ4v) is 2.85. The molecule has 1 heterocycles. The first kappa shape index (κ1) is 18.6. The molecule has 0 aromatic heterocycles. The Morgan fingerprint density at radius 3 is 2.36 bits per heavy atom. The van der Waals surface area contributed by atoms with E-state index < -0.39 is 11.6 Å². The Bertz CT molecular complexity index is 730. The number of nitrogens with one attached hydrogen (secondary N) is 2. The molecule has 1 aliphatic rings. The number of hydrogen-bond donors (Lipinski definition) is 2. The molecular formula is C18H24N4O3. The summed E-state index contributed by atoms with van der Waals surface area (Å²) in [7, 11) is 0. The quantitative estimate of drug-likeness (QED) is 0.485. The van der Waals surface area contributed by atoms with Crippen molar-refractivity contribution >= 4 is 24.1 Å². The van der Waals surface area contributed by atoms with Gasteiger partial charge in [0, 0.05) is 18.5 Å². The third kappa shape index (κ3) is 4.23. The Balaban J connectivity index is 1.90. The van der Waals surface area contributed by atoms with Crippen LogP contribution in [0.4, 0.5) is 4.79 Å². The van der Waals surface area contributed by atoms with Gasteiger partial charge >= 0.3 is 6.03 Å². The maximum Gasteiger partial charge on any atom is 0.325 e. The second-order valence-electron chi connectivity index (χ2n) is 6.87. The molecule has 1 fully saturated rings. The van der Waals surface area contributed by atoms with E-state index in [4.69, 9.17) is 0 Å². The van der Waals surface area contributed by atoms with Crippen LogP contribution in [0.3, 0.4) is 0 Å². The van der Waals surface area contributed by atoms with Crippen molar-refractivity contribution in [1.29, 1.82) is 0 Å². The van der Waals surface area contributed by atoms with E-state index >= 15 is 0 Å². The molecule has 7 nitrogen and oxygen atoms in total. The van der Waals surface area contributed by atoms with Crippen LogP contribution in [0, 0.1) is 20.8 Å². The average Bonchev–Trinajstić information content (AvgIpc) is 2.68. The fraction of sp³-hybridized carbons (Fsp3) is 0.444. The lowest BCUT2D eigenvalue weighted by atomic mass is 10.0. The van der Waals surface area contributed by atoms with E-state index in [-0.39, 0.29) is 24.8 Å². The van der Waals surface area contributed by atoms with E-state index in [9.17, 15) is 14.4 Å². The van der Waals surface area contributed by atoms with Crippen LogP contribution in [0.15, 0.2) is 17.2 Å². The van der Waals surface area contributed by atoms with Gasteiger partial charge in [-0.2, -0.15) is 5.10 Å². The van der Waals surface area contributed by atoms with Gasteiger partial charge in [-0.3, -0.25) is 14.5 Å². The van der Waals surface area contributed by atoms with Gasteiger partial charge in [-0.25, -0.2) is 10.2 Å². The van der Waals surface area contributed by atoms with E-state index in [1.54, 1.807) is 20.1 Å². The van der Waals surface area contributed by atoms with Gasteiger partial charge in [0.15, 0.2) is 0 Å². The summed E-state index contributed by atoms with van der Waals surface area (Å²) >= 11 is 0. The summed E-state index contributed by atoms with van der Waals surface area (Å²) < 4.78 is 0. The van der Waals surface area contributed by atoms with Crippen molar-refractivity contribution in [2.24, 2.45) is 5.10 Å². The minimum atomic E-state index is -0.924. The van der Waals surface area contributed by atoms with Crippen molar-refractivity contribution < 1.29 is 14.4 Å². The Hall–Kier alpha value is -2.70. The summed E-state index contributed by atoms with van der Waals surface area (Å²) in [6.07, 6.45) is 1.61. The van der Waals surface area contributed by atoms with Gasteiger partial charge in [0.1, 0.15) is 5.54 Å². The van der Waals surface area contributed by atoms with Gasteiger partial charge in [-0.1, -0.05) is 17.7 Å². The maximum absolute atomic E-state index is 12.0. The maximum atomic E-state index is 12.0. The Kier molecular flexibility index (Phi) is 5.25. The molecule has 0 radical (unpaired) electrons. The number of hydrogen-bond acceptors (Lipinski definition) is 4. The first-order valence-corrected chi connectivity index (χ1v) is 8.15. The number of urea groups is 1. The lowest BCUT2D eigenvalue weighted by molar-refractivity contribution is -0.130. The zero-order chi connectivity index (χ0) is 18.8. The van der Waals surface area contributed by atoms with Gasteiger partial charge in [0.05, 0.1) is 6.21 Å². The highest BCUT2D eigenvalue weighted by molar-refractivity contribution is 6.06. The molecule has 1 saturated heterocycles. The van der Waals surface area contributed by atoms with E-state index in [2.05, 4.69) is 28.0 Å². The highest BCUT2D eigenvalue weighted by atomic mass is 16.2. The number of amides is 4. The lowest BCUT2D eigenvalue weighted by Crippen LogP contribution is -2.40. The summed E-state index contributed by atoms with van der Waals surface area (Å²) in [6.45, 7) is 9.29. The van der Waals surface area contributed by atoms with Crippen molar-refractivity contribution in [3.05, 3.63) is 34.4 Å². The number of nitrogens with zero attached hydrogens (tertiary/aromatic N) is 2. The minimum Gasteiger partial charge on any atom is -0.324 e. The summed E-state index contributed by atoms with van der Waals surface area (Å²) in [5, 5.41) is 6.55. The molecule has 1 aliphatic heterocycles. The molecular weight excluding hydrogens is 320 g/mol. The van der Waals surface area contributed by atoms with Gasteiger partial charge in [0.25, 0.3) is 5.91 Å². The molecule has 0 atom stereocenters. The van der Waals surface area contributed by atoms with E-state index in [1.165, 1.54) is 5.56 Å². The first-order chi connectivity index (χ1) is 11.6. The molecule has 2 rings (SSSR count). The third-order valence-electron chi connectivity index (χ3n) is 4.13. The number of carbonyl (C=O) groups is 3. The zero-order valence-corrected chi connectivity index (χ0v) is 15.3. The molecule has 1 aromatic carbocycles. The fourth-order valence-electron chi connectivity index (χ4n) is 2.85. The van der Waals surface area contributed by atoms with Crippen LogP contribution < -0.4 is 10.7 Å². The van der Waals surface area contributed by atoms with Crippen molar-refractivity contribution in [2.45, 2.75) is 46.6 Å². The average molecular weight is 344 g/mol. The highest BCUT2D eigenvalue weighted by Crippen LogP contribution is 2.16. The summed E-state index contributed by atoms with van der Waals surface area (Å²) in [5.41, 5.74) is 5.81. The summed E-state index contributed by atoms with van der Waals surface area (Å²) in [5.74, 6) is -0.691. The van der Waals surface area contributed by atoms with Crippen molar-refractivity contribution in [3.8, 4) is 0 Å². The van der Waals surface area contributed by atoms with Crippen LogP contribution in [-0.4, -0.2) is 41.0 Å². The number of hydrazone groups is 1. The van der Waals surface area contributed by atoms with Crippen LogP contribution in [0.5, 0.6) is 0 Å². The molecule has 0 spiro atoms. The predicted molar refractivity (Wildman–Crippen MR) is 95.3 cm³/mol. The lowest BCUT2D eigenvalue weighted by Gasteiger charge is -2.15. The van der Waals surface area contributed by atoms with Crippen LogP contribution in [-0.2, 0) is 9.59 Å². The van der Waals surface area contributed by atoms with Crippen molar-refractivity contribution in [3.63, 3.8) is 0 Å². The molecule has 134 valence electrons. The third-order valence-corrected chi connectivity index (χ3v) is 4.13. The normalized spacial score (nSPS) is 16.4. The highest BCUT2D eigenvalue weighted by Gasteiger charge is 2.43. The molecule has 0 bridgehead atoms. The van der Waals surface area contributed by atoms with Crippen LogP contribution in [0.25, 0.3) is 0 Å². The molecule has 7 heteroatoms. The Morgan fingerprint density at radius 1 is 1.24 bits per heavy atom. The second kappa shape index (κ2) is 7.04. The standard InChI is InChI=1S/C18H24N4O3/c1-11-8-12(2)14(13(3)9-11)10-19-21-15(23)6-7-22-16(24)18(4,5)20-17(22)25/h8-10H,6-7H2,1-5H3,(H,20,25)(H,21,23)/b19-10-. The summed E-state index contributed by atoms with van der Waals surface area (Å²) in [6, 6.07) is 3.63. The Morgan fingerprint density at radius 2 is 1.84 bits per heavy atom. The van der Waals surface area contributed by atoms with E-state index in [0.29, 0.717) is 0 Å². The molecule has 25 heavy (non-hydrogen) atoms. The van der Waals surface area contributed by atoms with Crippen molar-refractivity contribution in [2.75, 3.05) is 6.54 Å². The monoisotopic (exact) mass is 344 g/mol. The van der Waals surface area contributed by atoms with Gasteiger partial charge < -0.3 is 5.32 Å². The van der Waals surface area contributed by atoms with Gasteiger partial charge in [0.2, 0.25) is 5.91 Å². The molecule has 2 N–H and O–H groups in total. The molecule has 0 aliphatic carbocycles. The second-order valence-corrected chi connectivity index (χ2v) is 6.87. The minimum absolute atomic E-state index is 0.00155. The Labute approximate surface area is 147 Å². The molecule has 0 saturated carbocycles. The summed E-state index contributed by atoms with van der Waals surface area (Å²) in [4.78, 5) is 36.7. The van der Waals surface area contributed by atoms with Crippen LogP contribution >= 0.6 is 0 Å². The van der Waals surface area contributed by atoms with Crippen LogP contribution in [0.1, 0.15) is 42.5 Å². The van der Waals surface area contributed by atoms with E-state index in [0.717, 1.165) is 21.6 Å². The smallest absolute Gasteiger partial charge is 0.324 e.